The lowest BCUT2D eigenvalue weighted by molar-refractivity contribution is 0.0730. The van der Waals surface area contributed by atoms with Crippen molar-refractivity contribution in [3.8, 4) is 28.5 Å². The minimum absolute atomic E-state index is 0.166. The smallest absolute Gasteiger partial charge is 0.273 e. The first kappa shape index (κ1) is 21.8. The monoisotopic (exact) mass is 507 g/mol. The molecule has 2 aliphatic heterocycles. The van der Waals surface area contributed by atoms with E-state index in [1.54, 1.807) is 24.1 Å². The van der Waals surface area contributed by atoms with E-state index >= 15 is 0 Å². The standard InChI is InChI=1S/C26H19Cl2N3O4/c1-33-17-6-3-15(4-7-17)23-22-24(30-29-23)26(32)31(25(22)18-8-5-16(27)11-19(18)28)12-14-2-9-20-21(10-14)35-13-34-20/h2-11,25H,12-13H2,1H3,(H,29,30). The topological polar surface area (TPSA) is 76.7 Å². The van der Waals surface area contributed by atoms with Gasteiger partial charge in [0.15, 0.2) is 11.5 Å². The van der Waals surface area contributed by atoms with Crippen LogP contribution in [0.3, 0.4) is 0 Å². The molecule has 9 heteroatoms. The zero-order chi connectivity index (χ0) is 24.1. The summed E-state index contributed by atoms with van der Waals surface area (Å²) in [4.78, 5) is 15.4. The number of halogens is 2. The highest BCUT2D eigenvalue weighted by Crippen LogP contribution is 2.46. The molecule has 1 N–H and O–H groups in total. The third kappa shape index (κ3) is 3.68. The van der Waals surface area contributed by atoms with Crippen LogP contribution in [0.1, 0.15) is 33.2 Å². The Kier molecular flexibility index (Phi) is 5.31. The van der Waals surface area contributed by atoms with Gasteiger partial charge in [0.05, 0.1) is 18.8 Å². The molecule has 176 valence electrons. The maximum Gasteiger partial charge on any atom is 0.273 e. The van der Waals surface area contributed by atoms with E-state index in [-0.39, 0.29) is 12.7 Å². The molecule has 1 unspecified atom stereocenters. The second kappa shape index (κ2) is 8.52. The molecule has 0 saturated heterocycles. The molecule has 0 aliphatic carbocycles. The average molecular weight is 508 g/mol. The van der Waals surface area contributed by atoms with E-state index < -0.39 is 6.04 Å². The van der Waals surface area contributed by atoms with Gasteiger partial charge >= 0.3 is 0 Å². The molecule has 6 rings (SSSR count). The molecule has 1 amide bonds. The van der Waals surface area contributed by atoms with Crippen molar-refractivity contribution in [1.82, 2.24) is 15.1 Å². The first-order chi connectivity index (χ1) is 17.0. The number of hydrogen-bond acceptors (Lipinski definition) is 5. The Hall–Kier alpha value is -3.68. The molecule has 3 heterocycles. The molecule has 3 aromatic carbocycles. The maximum atomic E-state index is 13.7. The van der Waals surface area contributed by atoms with Crippen molar-refractivity contribution in [3.63, 3.8) is 0 Å². The van der Waals surface area contributed by atoms with Crippen LogP contribution in [0.2, 0.25) is 10.0 Å². The fourth-order valence-electron chi connectivity index (χ4n) is 4.61. The molecule has 4 aromatic rings. The van der Waals surface area contributed by atoms with Crippen molar-refractivity contribution >= 4 is 29.1 Å². The molecular formula is C26H19Cl2N3O4. The molecule has 0 fully saturated rings. The van der Waals surface area contributed by atoms with Gasteiger partial charge in [0.1, 0.15) is 11.4 Å². The molecule has 0 radical (unpaired) electrons. The second-order valence-electron chi connectivity index (χ2n) is 8.28. The van der Waals surface area contributed by atoms with Crippen LogP contribution in [0.5, 0.6) is 17.2 Å². The van der Waals surface area contributed by atoms with E-state index in [0.29, 0.717) is 39.5 Å². The predicted octanol–water partition coefficient (Wildman–Crippen LogP) is 5.87. The number of ether oxygens (including phenoxy) is 3. The summed E-state index contributed by atoms with van der Waals surface area (Å²) in [5.74, 6) is 1.92. The van der Waals surface area contributed by atoms with E-state index in [4.69, 9.17) is 37.4 Å². The summed E-state index contributed by atoms with van der Waals surface area (Å²) in [5.41, 5.74) is 4.41. The number of benzene rings is 3. The summed E-state index contributed by atoms with van der Waals surface area (Å²) in [6.45, 7) is 0.523. The van der Waals surface area contributed by atoms with Crippen molar-refractivity contribution in [2.24, 2.45) is 0 Å². The Balaban J connectivity index is 1.47. The molecule has 0 spiro atoms. The predicted molar refractivity (Wildman–Crippen MR) is 131 cm³/mol. The van der Waals surface area contributed by atoms with E-state index in [1.165, 1.54) is 0 Å². The zero-order valence-corrected chi connectivity index (χ0v) is 20.1. The summed E-state index contributed by atoms with van der Waals surface area (Å²) in [5, 5.41) is 8.47. The van der Waals surface area contributed by atoms with Crippen molar-refractivity contribution in [2.45, 2.75) is 12.6 Å². The fraction of sp³-hybridized carbons (Fsp3) is 0.154. The summed E-state index contributed by atoms with van der Waals surface area (Å²) in [6, 6.07) is 18.1. The van der Waals surface area contributed by atoms with Crippen LogP contribution in [0.15, 0.2) is 60.7 Å². The second-order valence-corrected chi connectivity index (χ2v) is 9.12. The minimum Gasteiger partial charge on any atom is -0.497 e. The van der Waals surface area contributed by atoms with E-state index in [9.17, 15) is 4.79 Å². The quantitative estimate of drug-likeness (QED) is 0.365. The van der Waals surface area contributed by atoms with E-state index in [2.05, 4.69) is 10.2 Å². The SMILES string of the molecule is COc1ccc(-c2n[nH]c3c2C(c2ccc(Cl)cc2Cl)N(Cc2ccc4c(c2)OCO4)C3=O)cc1. The summed E-state index contributed by atoms with van der Waals surface area (Å²) >= 11 is 12.9. The van der Waals surface area contributed by atoms with Gasteiger partial charge in [0, 0.05) is 27.7 Å². The third-order valence-corrected chi connectivity index (χ3v) is 6.84. The third-order valence-electron chi connectivity index (χ3n) is 6.27. The van der Waals surface area contributed by atoms with Crippen LogP contribution in [-0.2, 0) is 6.54 Å². The van der Waals surface area contributed by atoms with Crippen molar-refractivity contribution < 1.29 is 19.0 Å². The fourth-order valence-corrected chi connectivity index (χ4v) is 5.12. The number of carbonyl (C=O) groups is 1. The largest absolute Gasteiger partial charge is 0.497 e. The van der Waals surface area contributed by atoms with Crippen LogP contribution in [0.25, 0.3) is 11.3 Å². The number of amides is 1. The number of rotatable bonds is 5. The molecule has 35 heavy (non-hydrogen) atoms. The van der Waals surface area contributed by atoms with Crippen molar-refractivity contribution in [3.05, 3.63) is 93.1 Å². The Morgan fingerprint density at radius 2 is 1.86 bits per heavy atom. The molecule has 7 nitrogen and oxygen atoms in total. The van der Waals surface area contributed by atoms with Crippen LogP contribution >= 0.6 is 23.2 Å². The molecule has 0 bridgehead atoms. The number of carbonyl (C=O) groups excluding carboxylic acids is 1. The Bertz CT molecular complexity index is 1450. The Labute approximate surface area is 211 Å². The Morgan fingerprint density at radius 1 is 1.06 bits per heavy atom. The van der Waals surface area contributed by atoms with Gasteiger partial charge in [-0.3, -0.25) is 9.89 Å². The summed E-state index contributed by atoms with van der Waals surface area (Å²) in [7, 11) is 1.62. The van der Waals surface area contributed by atoms with Gasteiger partial charge in [-0.05, 0) is 59.7 Å². The number of H-pyrrole nitrogens is 1. The number of methoxy groups -OCH3 is 1. The van der Waals surface area contributed by atoms with Crippen molar-refractivity contribution in [1.29, 1.82) is 0 Å². The average Bonchev–Trinajstić information content (AvgIpc) is 3.56. The van der Waals surface area contributed by atoms with Crippen molar-refractivity contribution in [2.75, 3.05) is 13.9 Å². The van der Waals surface area contributed by atoms with Gasteiger partial charge in [0.2, 0.25) is 6.79 Å². The zero-order valence-electron chi connectivity index (χ0n) is 18.5. The number of hydrogen-bond donors (Lipinski definition) is 1. The number of aromatic nitrogens is 2. The van der Waals surface area contributed by atoms with Crippen LogP contribution in [0.4, 0.5) is 0 Å². The number of fused-ring (bicyclic) bond motifs is 2. The molecule has 1 atom stereocenters. The van der Waals surface area contributed by atoms with Gasteiger partial charge in [-0.1, -0.05) is 35.3 Å². The highest BCUT2D eigenvalue weighted by atomic mass is 35.5. The molecule has 2 aliphatic rings. The first-order valence-electron chi connectivity index (χ1n) is 10.9. The lowest BCUT2D eigenvalue weighted by Crippen LogP contribution is -2.29. The van der Waals surface area contributed by atoms with Crippen LogP contribution < -0.4 is 14.2 Å². The molecular weight excluding hydrogens is 489 g/mol. The molecule has 1 aromatic heterocycles. The first-order valence-corrected chi connectivity index (χ1v) is 11.7. The summed E-state index contributed by atoms with van der Waals surface area (Å²) < 4.78 is 16.2. The highest BCUT2D eigenvalue weighted by Gasteiger charge is 2.43. The maximum absolute atomic E-state index is 13.7. The summed E-state index contributed by atoms with van der Waals surface area (Å²) in [6.07, 6.45) is 0. The van der Waals surface area contributed by atoms with Gasteiger partial charge in [0.25, 0.3) is 5.91 Å². The van der Waals surface area contributed by atoms with Gasteiger partial charge in [-0.25, -0.2) is 0 Å². The number of nitrogens with one attached hydrogen (secondary N) is 1. The van der Waals surface area contributed by atoms with E-state index in [1.807, 2.05) is 48.5 Å². The van der Waals surface area contributed by atoms with Gasteiger partial charge in [-0.15, -0.1) is 0 Å². The number of nitrogens with zero attached hydrogens (tertiary/aromatic N) is 2. The van der Waals surface area contributed by atoms with Crippen LogP contribution in [0, 0.1) is 0 Å². The van der Waals surface area contributed by atoms with E-state index in [0.717, 1.165) is 28.0 Å². The normalized spacial score (nSPS) is 16.0. The number of aromatic amines is 1. The molecule has 0 saturated carbocycles. The Morgan fingerprint density at radius 3 is 2.63 bits per heavy atom. The van der Waals surface area contributed by atoms with Gasteiger partial charge < -0.3 is 19.1 Å². The highest BCUT2D eigenvalue weighted by molar-refractivity contribution is 6.35. The lowest BCUT2D eigenvalue weighted by atomic mass is 9.95. The lowest BCUT2D eigenvalue weighted by Gasteiger charge is -2.27. The minimum atomic E-state index is -0.469. The van der Waals surface area contributed by atoms with Crippen LogP contribution in [-0.4, -0.2) is 34.9 Å². The van der Waals surface area contributed by atoms with Gasteiger partial charge in [-0.2, -0.15) is 5.10 Å².